The first-order valence-corrected chi connectivity index (χ1v) is 9.95. The molecule has 134 valence electrons. The van der Waals surface area contributed by atoms with Crippen molar-refractivity contribution < 1.29 is 0 Å². The molecule has 2 aromatic rings. The van der Waals surface area contributed by atoms with Crippen LogP contribution in [0.1, 0.15) is 61.9 Å². The number of aromatic nitrogens is 2. The molecule has 0 aliphatic carbocycles. The number of piperidine rings is 1. The van der Waals surface area contributed by atoms with Gasteiger partial charge in [-0.1, -0.05) is 31.5 Å². The van der Waals surface area contributed by atoms with E-state index < -0.39 is 0 Å². The average Bonchev–Trinajstić information content (AvgIpc) is 2.83. The van der Waals surface area contributed by atoms with Gasteiger partial charge in [-0.05, 0) is 63.7 Å². The Bertz CT molecular complexity index is 733. The molecular formula is C21H30N4. The number of fused-ring (bicyclic) bond motifs is 1. The van der Waals surface area contributed by atoms with Gasteiger partial charge in [0.05, 0.1) is 17.4 Å². The molecule has 0 bridgehead atoms. The van der Waals surface area contributed by atoms with Crippen molar-refractivity contribution in [3.05, 3.63) is 41.1 Å². The molecule has 1 unspecified atom stereocenters. The second kappa shape index (κ2) is 7.20. The molecule has 2 aliphatic heterocycles. The fourth-order valence-electron chi connectivity index (χ4n) is 4.45. The summed E-state index contributed by atoms with van der Waals surface area (Å²) in [5.74, 6) is 1.24. The molecule has 1 fully saturated rings. The number of benzene rings is 1. The molecule has 2 aliphatic rings. The highest BCUT2D eigenvalue weighted by atomic mass is 15.4. The zero-order chi connectivity index (χ0) is 17.2. The van der Waals surface area contributed by atoms with Crippen molar-refractivity contribution in [2.45, 2.75) is 58.4 Å². The lowest BCUT2D eigenvalue weighted by molar-refractivity contribution is 0.152. The Morgan fingerprint density at radius 2 is 2.04 bits per heavy atom. The van der Waals surface area contributed by atoms with Crippen molar-refractivity contribution in [1.82, 2.24) is 14.7 Å². The van der Waals surface area contributed by atoms with E-state index in [9.17, 15) is 0 Å². The maximum Gasteiger partial charge on any atom is 0.133 e. The first-order chi connectivity index (χ1) is 12.3. The first-order valence-electron chi connectivity index (χ1n) is 9.95. The molecule has 1 aromatic heterocycles. The summed E-state index contributed by atoms with van der Waals surface area (Å²) in [6, 6.07) is 9.08. The molecule has 0 amide bonds. The Hall–Kier alpha value is -1.81. The number of likely N-dealkylation sites (tertiary alicyclic amines) is 1. The van der Waals surface area contributed by atoms with Crippen LogP contribution in [0, 0.1) is 6.92 Å². The third-order valence-corrected chi connectivity index (χ3v) is 5.84. The summed E-state index contributed by atoms with van der Waals surface area (Å²) in [7, 11) is 0. The second-order valence-corrected chi connectivity index (χ2v) is 7.43. The molecular weight excluding hydrogens is 308 g/mol. The Balaban J connectivity index is 1.83. The highest BCUT2D eigenvalue weighted by molar-refractivity contribution is 5.56. The van der Waals surface area contributed by atoms with Gasteiger partial charge in [-0.15, -0.1) is 0 Å². The number of hydrogen-bond acceptors (Lipinski definition) is 3. The fraction of sp³-hybridized carbons (Fsp3) is 0.571. The van der Waals surface area contributed by atoms with Gasteiger partial charge in [0.1, 0.15) is 5.82 Å². The summed E-state index contributed by atoms with van der Waals surface area (Å²) in [5.41, 5.74) is 5.28. The Morgan fingerprint density at radius 1 is 1.16 bits per heavy atom. The lowest BCUT2D eigenvalue weighted by Crippen LogP contribution is -2.34. The van der Waals surface area contributed by atoms with E-state index in [4.69, 9.17) is 5.10 Å². The molecule has 1 atom stereocenters. The number of nitrogens with zero attached hydrogens (tertiary/aromatic N) is 3. The van der Waals surface area contributed by atoms with Crippen molar-refractivity contribution in [2.75, 3.05) is 25.0 Å². The smallest absolute Gasteiger partial charge is 0.133 e. The van der Waals surface area contributed by atoms with Gasteiger partial charge in [-0.25, -0.2) is 4.68 Å². The van der Waals surface area contributed by atoms with Crippen LogP contribution >= 0.6 is 0 Å². The lowest BCUT2D eigenvalue weighted by Gasteiger charge is -2.34. The van der Waals surface area contributed by atoms with Crippen LogP contribution in [0.3, 0.4) is 0 Å². The Morgan fingerprint density at radius 3 is 2.88 bits per heavy atom. The maximum atomic E-state index is 5.20. The first kappa shape index (κ1) is 16.6. The van der Waals surface area contributed by atoms with E-state index in [1.807, 2.05) is 0 Å². The summed E-state index contributed by atoms with van der Waals surface area (Å²) >= 11 is 0. The highest BCUT2D eigenvalue weighted by Gasteiger charge is 2.30. The van der Waals surface area contributed by atoms with Crippen LogP contribution in [0.2, 0.25) is 0 Å². The molecule has 1 N–H and O–H groups in total. The van der Waals surface area contributed by atoms with Crippen LogP contribution < -0.4 is 5.32 Å². The predicted octanol–water partition coefficient (Wildman–Crippen LogP) is 4.48. The minimum Gasteiger partial charge on any atom is -0.370 e. The molecule has 3 heterocycles. The Kier molecular flexibility index (Phi) is 4.80. The number of anilines is 1. The minimum absolute atomic E-state index is 0.484. The molecule has 0 spiro atoms. The lowest BCUT2D eigenvalue weighted by atomic mass is 9.95. The molecule has 4 nitrogen and oxygen atoms in total. The quantitative estimate of drug-likeness (QED) is 0.896. The van der Waals surface area contributed by atoms with Crippen molar-refractivity contribution in [2.24, 2.45) is 0 Å². The van der Waals surface area contributed by atoms with Crippen molar-refractivity contribution in [1.29, 1.82) is 0 Å². The molecule has 0 radical (unpaired) electrons. The molecule has 4 heteroatoms. The van der Waals surface area contributed by atoms with Gasteiger partial charge in [0.15, 0.2) is 0 Å². The van der Waals surface area contributed by atoms with Crippen molar-refractivity contribution >= 4 is 5.82 Å². The average molecular weight is 338 g/mol. The van der Waals surface area contributed by atoms with Gasteiger partial charge in [-0.2, -0.15) is 5.10 Å². The topological polar surface area (TPSA) is 33.1 Å². The van der Waals surface area contributed by atoms with Gasteiger partial charge in [0.2, 0.25) is 0 Å². The van der Waals surface area contributed by atoms with Gasteiger partial charge >= 0.3 is 0 Å². The van der Waals surface area contributed by atoms with E-state index >= 15 is 0 Å². The molecule has 1 aromatic carbocycles. The van der Waals surface area contributed by atoms with Crippen LogP contribution in [-0.2, 0) is 6.42 Å². The van der Waals surface area contributed by atoms with E-state index in [2.05, 4.69) is 53.0 Å². The monoisotopic (exact) mass is 338 g/mol. The van der Waals surface area contributed by atoms with Gasteiger partial charge in [0.25, 0.3) is 0 Å². The highest BCUT2D eigenvalue weighted by Crippen LogP contribution is 2.37. The number of aryl methyl sites for hydroxylation is 1. The van der Waals surface area contributed by atoms with E-state index in [-0.39, 0.29) is 0 Å². The van der Waals surface area contributed by atoms with Gasteiger partial charge in [-0.3, -0.25) is 4.90 Å². The van der Waals surface area contributed by atoms with Crippen LogP contribution in [-0.4, -0.2) is 34.3 Å². The molecule has 25 heavy (non-hydrogen) atoms. The van der Waals surface area contributed by atoms with Crippen LogP contribution in [0.15, 0.2) is 24.3 Å². The zero-order valence-corrected chi connectivity index (χ0v) is 15.6. The summed E-state index contributed by atoms with van der Waals surface area (Å²) in [6.07, 6.45) is 7.53. The second-order valence-electron chi connectivity index (χ2n) is 7.43. The van der Waals surface area contributed by atoms with Crippen LogP contribution in [0.5, 0.6) is 0 Å². The fourth-order valence-corrected chi connectivity index (χ4v) is 4.45. The van der Waals surface area contributed by atoms with E-state index in [0.717, 1.165) is 19.5 Å². The van der Waals surface area contributed by atoms with E-state index in [1.54, 1.807) is 0 Å². The minimum atomic E-state index is 0.484. The summed E-state index contributed by atoms with van der Waals surface area (Å²) in [6.45, 7) is 7.84. The predicted molar refractivity (Wildman–Crippen MR) is 104 cm³/mol. The van der Waals surface area contributed by atoms with Gasteiger partial charge < -0.3 is 5.32 Å². The van der Waals surface area contributed by atoms with Crippen LogP contribution in [0.25, 0.3) is 5.69 Å². The van der Waals surface area contributed by atoms with E-state index in [1.165, 1.54) is 67.0 Å². The third kappa shape index (κ3) is 3.08. The van der Waals surface area contributed by atoms with Gasteiger partial charge in [0, 0.05) is 12.1 Å². The largest absolute Gasteiger partial charge is 0.370 e. The zero-order valence-electron chi connectivity index (χ0n) is 15.6. The molecule has 0 saturated carbocycles. The number of rotatable bonds is 3. The number of hydrogen-bond donors (Lipinski definition) is 1. The normalized spacial score (nSPS) is 21.4. The van der Waals surface area contributed by atoms with E-state index in [0.29, 0.717) is 6.04 Å². The number of nitrogens with one attached hydrogen (secondary N) is 1. The summed E-state index contributed by atoms with van der Waals surface area (Å²) < 4.78 is 2.19. The number of para-hydroxylation sites is 1. The summed E-state index contributed by atoms with van der Waals surface area (Å²) in [4.78, 5) is 2.62. The SMILES string of the molecule is CCN1CCCCC1c1nn(-c2ccccc2C)c2c1CCCCN2. The van der Waals surface area contributed by atoms with Crippen molar-refractivity contribution in [3.63, 3.8) is 0 Å². The third-order valence-electron chi connectivity index (χ3n) is 5.84. The van der Waals surface area contributed by atoms with Crippen molar-refractivity contribution in [3.8, 4) is 5.69 Å². The summed E-state index contributed by atoms with van der Waals surface area (Å²) in [5, 5.41) is 8.89. The molecule has 4 rings (SSSR count). The maximum absolute atomic E-state index is 5.20. The van der Waals surface area contributed by atoms with Crippen LogP contribution in [0.4, 0.5) is 5.82 Å². The standard InChI is InChI=1S/C21H30N4/c1-3-24-15-9-7-13-19(24)20-17-11-6-8-14-22-21(17)25(23-20)18-12-5-4-10-16(18)2/h4-5,10,12,19,22H,3,6-9,11,13-15H2,1-2H3. The molecule has 1 saturated heterocycles. The Labute approximate surface area is 151 Å².